The summed E-state index contributed by atoms with van der Waals surface area (Å²) >= 11 is 0. The van der Waals surface area contributed by atoms with Gasteiger partial charge in [0.15, 0.2) is 6.29 Å². The number of ether oxygens (including phenoxy) is 2. The molecule has 6 N–H and O–H groups in total. The fraction of sp³-hybridized carbons (Fsp3) is 0.889. The third-order valence-corrected chi connectivity index (χ3v) is 2.24. The zero-order chi connectivity index (χ0) is 13.6. The molecule has 5 atom stereocenters. The number of methoxy groups -OCH3 is 1. The number of hydrogen-bond acceptors (Lipinski definition) is 8. The fourth-order valence-electron chi connectivity index (χ4n) is 1.12. The molecule has 8 heteroatoms. The largest absolute Gasteiger partial charge is 0.469 e. The molecule has 0 aromatic rings. The SMILES string of the molecule is COC(C)=O.N[C@@H]1[C@@H](O)[C@H](O)[C@@H](CO)O[C@H]1O. The summed E-state index contributed by atoms with van der Waals surface area (Å²) in [6.07, 6.45) is -4.85. The number of aliphatic hydroxyl groups excluding tert-OH is 4. The van der Waals surface area contributed by atoms with Crippen molar-refractivity contribution in [2.75, 3.05) is 13.7 Å². The monoisotopic (exact) mass is 253 g/mol. The number of esters is 1. The second-order valence-electron chi connectivity index (χ2n) is 3.50. The van der Waals surface area contributed by atoms with E-state index in [0.29, 0.717) is 0 Å². The van der Waals surface area contributed by atoms with Crippen LogP contribution < -0.4 is 5.73 Å². The molecule has 1 aliphatic rings. The molecule has 8 nitrogen and oxygen atoms in total. The molecule has 17 heavy (non-hydrogen) atoms. The minimum atomic E-state index is -1.35. The summed E-state index contributed by atoms with van der Waals surface area (Å²) in [5, 5.41) is 36.1. The normalized spacial score (nSPS) is 36.8. The summed E-state index contributed by atoms with van der Waals surface area (Å²) in [7, 11) is 1.35. The maximum absolute atomic E-state index is 9.59. The Morgan fingerprint density at radius 1 is 1.35 bits per heavy atom. The summed E-state index contributed by atoms with van der Waals surface area (Å²) in [5.74, 6) is -0.245. The molecule has 0 aromatic heterocycles. The molecule has 0 spiro atoms. The van der Waals surface area contributed by atoms with Gasteiger partial charge in [-0.25, -0.2) is 0 Å². The van der Waals surface area contributed by atoms with Gasteiger partial charge in [-0.1, -0.05) is 0 Å². The second kappa shape index (κ2) is 7.54. The zero-order valence-electron chi connectivity index (χ0n) is 9.68. The van der Waals surface area contributed by atoms with Gasteiger partial charge in [0, 0.05) is 6.92 Å². The lowest BCUT2D eigenvalue weighted by atomic mass is 9.98. The molecule has 0 unspecified atom stereocenters. The highest BCUT2D eigenvalue weighted by Crippen LogP contribution is 2.17. The highest BCUT2D eigenvalue weighted by Gasteiger charge is 2.41. The maximum atomic E-state index is 9.59. The minimum absolute atomic E-state index is 0.245. The van der Waals surface area contributed by atoms with Crippen LogP contribution in [0, 0.1) is 0 Å². The lowest BCUT2D eigenvalue weighted by Gasteiger charge is -2.38. The molecule has 0 aromatic carbocycles. The molecule has 1 saturated heterocycles. The highest BCUT2D eigenvalue weighted by atomic mass is 16.6. The first-order valence-electron chi connectivity index (χ1n) is 4.95. The molecule has 1 aliphatic heterocycles. The van der Waals surface area contributed by atoms with Crippen molar-refractivity contribution in [3.8, 4) is 0 Å². The molecule has 0 aliphatic carbocycles. The maximum Gasteiger partial charge on any atom is 0.302 e. The predicted octanol–water partition coefficient (Wildman–Crippen LogP) is -3.08. The Morgan fingerprint density at radius 2 is 1.82 bits per heavy atom. The van der Waals surface area contributed by atoms with E-state index in [0.717, 1.165) is 0 Å². The van der Waals surface area contributed by atoms with Crippen LogP contribution in [-0.4, -0.2) is 70.8 Å². The molecule has 1 rings (SSSR count). The average molecular weight is 253 g/mol. The predicted molar refractivity (Wildman–Crippen MR) is 55.6 cm³/mol. The summed E-state index contributed by atoms with van der Waals surface area (Å²) in [6, 6.07) is -1.04. The smallest absolute Gasteiger partial charge is 0.302 e. The molecular formula is C9H19NO7. The van der Waals surface area contributed by atoms with Crippen LogP contribution in [0.3, 0.4) is 0 Å². The van der Waals surface area contributed by atoms with Gasteiger partial charge in [0.1, 0.15) is 18.3 Å². The van der Waals surface area contributed by atoms with Crippen LogP contribution in [0.15, 0.2) is 0 Å². The number of rotatable bonds is 1. The summed E-state index contributed by atoms with van der Waals surface area (Å²) in [4.78, 5) is 9.59. The van der Waals surface area contributed by atoms with E-state index in [1.54, 1.807) is 0 Å². The number of aliphatic hydroxyl groups is 4. The van der Waals surface area contributed by atoms with E-state index in [-0.39, 0.29) is 5.97 Å². The quantitative estimate of drug-likeness (QED) is 0.310. The van der Waals surface area contributed by atoms with E-state index in [9.17, 15) is 15.0 Å². The van der Waals surface area contributed by atoms with E-state index < -0.39 is 37.3 Å². The summed E-state index contributed by atoms with van der Waals surface area (Å²) < 4.78 is 8.81. The van der Waals surface area contributed by atoms with Gasteiger partial charge in [-0.05, 0) is 0 Å². The molecule has 1 fully saturated rings. The van der Waals surface area contributed by atoms with Crippen molar-refractivity contribution in [3.63, 3.8) is 0 Å². The average Bonchev–Trinajstić information content (AvgIpc) is 2.31. The Bertz CT molecular complexity index is 233. The van der Waals surface area contributed by atoms with Crippen molar-refractivity contribution < 1.29 is 34.7 Å². The molecule has 0 saturated carbocycles. The van der Waals surface area contributed by atoms with Crippen LogP contribution in [0.5, 0.6) is 0 Å². The Hall–Kier alpha value is -0.770. The zero-order valence-corrected chi connectivity index (χ0v) is 9.68. The van der Waals surface area contributed by atoms with Crippen LogP contribution in [0.1, 0.15) is 6.92 Å². The van der Waals surface area contributed by atoms with Crippen LogP contribution in [0.25, 0.3) is 0 Å². The Morgan fingerprint density at radius 3 is 2.18 bits per heavy atom. The van der Waals surface area contributed by atoms with Gasteiger partial charge in [0.05, 0.1) is 19.8 Å². The van der Waals surface area contributed by atoms with Crippen LogP contribution in [0.4, 0.5) is 0 Å². The highest BCUT2D eigenvalue weighted by molar-refractivity contribution is 5.65. The first-order valence-corrected chi connectivity index (χ1v) is 4.95. The van der Waals surface area contributed by atoms with E-state index >= 15 is 0 Å². The van der Waals surface area contributed by atoms with Gasteiger partial charge in [-0.15, -0.1) is 0 Å². The van der Waals surface area contributed by atoms with Crippen molar-refractivity contribution in [2.24, 2.45) is 5.73 Å². The van der Waals surface area contributed by atoms with Crippen molar-refractivity contribution >= 4 is 5.97 Å². The Balaban J connectivity index is 0.000000437. The number of carbonyl (C=O) groups is 1. The minimum Gasteiger partial charge on any atom is -0.469 e. The van der Waals surface area contributed by atoms with E-state index in [1.807, 2.05) is 0 Å². The number of carbonyl (C=O) groups excluding carboxylic acids is 1. The standard InChI is InChI=1S/C6H13NO5.C3H6O2/c7-3-5(10)4(9)2(1-8)12-6(3)11;1-3(4)5-2/h2-6,8-11H,1,7H2;1-2H3/t2-,3-,4-,5-,6-;/m1./s1. The van der Waals surface area contributed by atoms with E-state index in [4.69, 9.17) is 20.7 Å². The van der Waals surface area contributed by atoms with Gasteiger partial charge in [-0.3, -0.25) is 4.79 Å². The van der Waals surface area contributed by atoms with Crippen molar-refractivity contribution in [3.05, 3.63) is 0 Å². The van der Waals surface area contributed by atoms with Gasteiger partial charge < -0.3 is 35.6 Å². The van der Waals surface area contributed by atoms with Crippen molar-refractivity contribution in [1.29, 1.82) is 0 Å². The van der Waals surface area contributed by atoms with Gasteiger partial charge in [0.2, 0.25) is 0 Å². The van der Waals surface area contributed by atoms with Gasteiger partial charge in [0.25, 0.3) is 0 Å². The first kappa shape index (κ1) is 16.2. The first-order chi connectivity index (χ1) is 7.84. The topological polar surface area (TPSA) is 142 Å². The molecule has 0 bridgehead atoms. The fourth-order valence-corrected chi connectivity index (χ4v) is 1.12. The Kier molecular flexibility index (Phi) is 7.19. The Labute approximate surface area is 98.6 Å². The van der Waals surface area contributed by atoms with Crippen LogP contribution >= 0.6 is 0 Å². The third-order valence-electron chi connectivity index (χ3n) is 2.24. The van der Waals surface area contributed by atoms with Gasteiger partial charge >= 0.3 is 5.97 Å². The number of nitrogens with two attached hydrogens (primary N) is 1. The van der Waals surface area contributed by atoms with Crippen molar-refractivity contribution in [2.45, 2.75) is 37.6 Å². The lowest BCUT2D eigenvalue weighted by molar-refractivity contribution is -0.248. The second-order valence-corrected chi connectivity index (χ2v) is 3.50. The third kappa shape index (κ3) is 4.94. The van der Waals surface area contributed by atoms with Crippen molar-refractivity contribution in [1.82, 2.24) is 0 Å². The molecular weight excluding hydrogens is 234 g/mol. The van der Waals surface area contributed by atoms with Gasteiger partial charge in [-0.2, -0.15) is 0 Å². The summed E-state index contributed by atoms with van der Waals surface area (Å²) in [5.41, 5.74) is 5.26. The van der Waals surface area contributed by atoms with Crippen LogP contribution in [0.2, 0.25) is 0 Å². The molecule has 102 valence electrons. The van der Waals surface area contributed by atoms with E-state index in [2.05, 4.69) is 4.74 Å². The molecule has 0 amide bonds. The lowest BCUT2D eigenvalue weighted by Crippen LogP contribution is -2.61. The number of hydrogen-bond donors (Lipinski definition) is 5. The van der Waals surface area contributed by atoms with Crippen LogP contribution in [-0.2, 0) is 14.3 Å². The molecule has 0 radical (unpaired) electrons. The van der Waals surface area contributed by atoms with E-state index in [1.165, 1.54) is 14.0 Å². The molecule has 1 heterocycles. The summed E-state index contributed by atoms with van der Waals surface area (Å²) in [6.45, 7) is 0.891.